The van der Waals surface area contributed by atoms with Crippen molar-refractivity contribution in [2.24, 2.45) is 5.73 Å². The van der Waals surface area contributed by atoms with Crippen molar-refractivity contribution in [3.8, 4) is 0 Å². The van der Waals surface area contributed by atoms with Crippen LogP contribution in [0, 0.1) is 0 Å². The van der Waals surface area contributed by atoms with E-state index in [2.05, 4.69) is 20.9 Å². The van der Waals surface area contributed by atoms with Gasteiger partial charge in [-0.15, -0.1) is 11.8 Å². The zero-order chi connectivity index (χ0) is 12.7. The molecule has 3 nitrogen and oxygen atoms in total. The Morgan fingerprint density at radius 3 is 2.94 bits per heavy atom. The molecule has 1 heterocycles. The lowest BCUT2D eigenvalue weighted by atomic mass is 9.98. The SMILES string of the molecule is CC(N)(CO)CCCCSc1ncccc1Br. The van der Waals surface area contributed by atoms with Crippen molar-refractivity contribution in [1.82, 2.24) is 4.98 Å². The van der Waals surface area contributed by atoms with Gasteiger partial charge in [-0.05, 0) is 53.6 Å². The molecule has 5 heteroatoms. The third kappa shape index (κ3) is 5.86. The molecule has 96 valence electrons. The first-order valence-corrected chi connectivity index (χ1v) is 7.46. The number of pyridine rings is 1. The number of aromatic nitrogens is 1. The first-order chi connectivity index (χ1) is 8.05. The Labute approximate surface area is 115 Å². The summed E-state index contributed by atoms with van der Waals surface area (Å²) in [4.78, 5) is 4.29. The largest absolute Gasteiger partial charge is 0.394 e. The molecule has 0 saturated carbocycles. The number of nitrogens with two attached hydrogens (primary N) is 1. The van der Waals surface area contributed by atoms with Crippen LogP contribution in [0.4, 0.5) is 0 Å². The predicted molar refractivity (Wildman–Crippen MR) is 76.2 cm³/mol. The molecule has 0 amide bonds. The van der Waals surface area contributed by atoms with Gasteiger partial charge in [0.2, 0.25) is 0 Å². The van der Waals surface area contributed by atoms with Crippen molar-refractivity contribution in [2.45, 2.75) is 36.8 Å². The highest BCUT2D eigenvalue weighted by Crippen LogP contribution is 2.25. The third-order valence-electron chi connectivity index (χ3n) is 2.47. The van der Waals surface area contributed by atoms with Gasteiger partial charge in [-0.3, -0.25) is 0 Å². The monoisotopic (exact) mass is 318 g/mol. The Balaban J connectivity index is 2.19. The van der Waals surface area contributed by atoms with E-state index in [1.807, 2.05) is 19.1 Å². The summed E-state index contributed by atoms with van der Waals surface area (Å²) in [6.07, 6.45) is 4.77. The fraction of sp³-hybridized carbons (Fsp3) is 0.583. The summed E-state index contributed by atoms with van der Waals surface area (Å²) in [6.45, 7) is 1.93. The molecule has 1 rings (SSSR count). The van der Waals surface area contributed by atoms with Crippen molar-refractivity contribution >= 4 is 27.7 Å². The number of unbranched alkanes of at least 4 members (excludes halogenated alkanes) is 1. The maximum atomic E-state index is 9.02. The van der Waals surface area contributed by atoms with Gasteiger partial charge in [-0.2, -0.15) is 0 Å². The van der Waals surface area contributed by atoms with Crippen molar-refractivity contribution in [3.05, 3.63) is 22.8 Å². The summed E-state index contributed by atoms with van der Waals surface area (Å²) in [6, 6.07) is 3.91. The molecule has 0 fully saturated rings. The molecule has 17 heavy (non-hydrogen) atoms. The van der Waals surface area contributed by atoms with Crippen LogP contribution in [0.3, 0.4) is 0 Å². The number of hydrogen-bond donors (Lipinski definition) is 2. The van der Waals surface area contributed by atoms with E-state index in [4.69, 9.17) is 10.8 Å². The van der Waals surface area contributed by atoms with E-state index in [1.54, 1.807) is 18.0 Å². The van der Waals surface area contributed by atoms with Gasteiger partial charge in [0.05, 0.1) is 6.61 Å². The van der Waals surface area contributed by atoms with Crippen LogP contribution in [0.25, 0.3) is 0 Å². The Hall–Kier alpha value is -0.100. The van der Waals surface area contributed by atoms with Gasteiger partial charge in [0.1, 0.15) is 5.03 Å². The molecule has 0 bridgehead atoms. The van der Waals surface area contributed by atoms with Gasteiger partial charge in [0.25, 0.3) is 0 Å². The fourth-order valence-electron chi connectivity index (χ4n) is 1.36. The molecule has 0 radical (unpaired) electrons. The minimum atomic E-state index is -0.434. The molecule has 1 unspecified atom stereocenters. The van der Waals surface area contributed by atoms with Gasteiger partial charge >= 0.3 is 0 Å². The Kier molecular flexibility index (Phi) is 6.48. The van der Waals surface area contributed by atoms with Gasteiger partial charge in [0.15, 0.2) is 0 Å². The van der Waals surface area contributed by atoms with Crippen LogP contribution in [0.5, 0.6) is 0 Å². The van der Waals surface area contributed by atoms with Gasteiger partial charge in [-0.25, -0.2) is 4.98 Å². The van der Waals surface area contributed by atoms with E-state index in [0.717, 1.165) is 34.5 Å². The molecule has 0 aliphatic heterocycles. The molecule has 1 aromatic heterocycles. The van der Waals surface area contributed by atoms with Gasteiger partial charge in [-0.1, -0.05) is 6.42 Å². The highest BCUT2D eigenvalue weighted by molar-refractivity contribution is 9.10. The molecule has 1 aromatic rings. The number of rotatable bonds is 7. The summed E-state index contributed by atoms with van der Waals surface area (Å²) in [5.74, 6) is 1.02. The minimum Gasteiger partial charge on any atom is -0.394 e. The van der Waals surface area contributed by atoms with Crippen LogP contribution >= 0.6 is 27.7 Å². The second kappa shape index (κ2) is 7.36. The van der Waals surface area contributed by atoms with Crippen LogP contribution in [-0.2, 0) is 0 Å². The molecule has 0 aromatic carbocycles. The molecule has 0 saturated heterocycles. The third-order valence-corrected chi connectivity index (χ3v) is 4.46. The quantitative estimate of drug-likeness (QED) is 0.599. The Bertz CT molecular complexity index is 347. The summed E-state index contributed by atoms with van der Waals surface area (Å²) < 4.78 is 1.05. The molecular weight excluding hydrogens is 300 g/mol. The zero-order valence-electron chi connectivity index (χ0n) is 10.0. The lowest BCUT2D eigenvalue weighted by Crippen LogP contribution is -2.39. The van der Waals surface area contributed by atoms with Crippen LogP contribution in [0.1, 0.15) is 26.2 Å². The van der Waals surface area contributed by atoms with Crippen LogP contribution < -0.4 is 5.73 Å². The first kappa shape index (κ1) is 15.0. The van der Waals surface area contributed by atoms with E-state index < -0.39 is 5.54 Å². The molecule has 0 aliphatic carbocycles. The van der Waals surface area contributed by atoms with Crippen molar-refractivity contribution < 1.29 is 5.11 Å². The second-order valence-electron chi connectivity index (χ2n) is 4.41. The number of nitrogens with zero attached hydrogens (tertiary/aromatic N) is 1. The summed E-state index contributed by atoms with van der Waals surface area (Å²) in [5.41, 5.74) is 5.42. The average Bonchev–Trinajstić information content (AvgIpc) is 2.31. The second-order valence-corrected chi connectivity index (χ2v) is 6.35. The van der Waals surface area contributed by atoms with Crippen LogP contribution in [-0.4, -0.2) is 28.0 Å². The summed E-state index contributed by atoms with van der Waals surface area (Å²) in [5, 5.41) is 10.1. The fourth-order valence-corrected chi connectivity index (χ4v) is 2.84. The maximum absolute atomic E-state index is 9.02. The van der Waals surface area contributed by atoms with Gasteiger partial charge < -0.3 is 10.8 Å². The van der Waals surface area contributed by atoms with Crippen LogP contribution in [0.15, 0.2) is 27.8 Å². The Morgan fingerprint density at radius 2 is 2.29 bits per heavy atom. The molecule has 3 N–H and O–H groups in total. The van der Waals surface area contributed by atoms with Crippen molar-refractivity contribution in [1.29, 1.82) is 0 Å². The van der Waals surface area contributed by atoms with E-state index in [9.17, 15) is 0 Å². The molecule has 0 aliphatic rings. The highest BCUT2D eigenvalue weighted by Gasteiger charge is 2.15. The minimum absolute atomic E-state index is 0.0476. The molecule has 1 atom stereocenters. The molecular formula is C12H19BrN2OS. The number of aliphatic hydroxyl groups is 1. The topological polar surface area (TPSA) is 59.1 Å². The van der Waals surface area contributed by atoms with Crippen molar-refractivity contribution in [2.75, 3.05) is 12.4 Å². The lowest BCUT2D eigenvalue weighted by Gasteiger charge is -2.21. The summed E-state index contributed by atoms with van der Waals surface area (Å²) in [7, 11) is 0. The normalized spacial score (nSPS) is 14.6. The number of hydrogen-bond acceptors (Lipinski definition) is 4. The maximum Gasteiger partial charge on any atom is 0.110 e. The lowest BCUT2D eigenvalue weighted by molar-refractivity contribution is 0.198. The Morgan fingerprint density at radius 1 is 1.53 bits per heavy atom. The van der Waals surface area contributed by atoms with Crippen LogP contribution in [0.2, 0.25) is 0 Å². The number of aliphatic hydroxyl groups excluding tert-OH is 1. The molecule has 0 spiro atoms. The number of thioether (sulfide) groups is 1. The average molecular weight is 319 g/mol. The van der Waals surface area contributed by atoms with E-state index in [1.165, 1.54) is 0 Å². The van der Waals surface area contributed by atoms with E-state index in [-0.39, 0.29) is 6.61 Å². The van der Waals surface area contributed by atoms with E-state index in [0.29, 0.717) is 0 Å². The van der Waals surface area contributed by atoms with E-state index >= 15 is 0 Å². The highest BCUT2D eigenvalue weighted by atomic mass is 79.9. The summed E-state index contributed by atoms with van der Waals surface area (Å²) >= 11 is 5.22. The standard InChI is InChI=1S/C12H19BrN2OS/c1-12(14,9-16)6-2-3-8-17-11-10(13)5-4-7-15-11/h4-5,7,16H,2-3,6,8-9,14H2,1H3. The zero-order valence-corrected chi connectivity index (χ0v) is 12.4. The smallest absolute Gasteiger partial charge is 0.110 e. The number of halogens is 1. The van der Waals surface area contributed by atoms with Gasteiger partial charge in [0, 0.05) is 16.2 Å². The first-order valence-electron chi connectivity index (χ1n) is 5.68. The predicted octanol–water partition coefficient (Wildman–Crippen LogP) is 2.82. The van der Waals surface area contributed by atoms with Crippen molar-refractivity contribution in [3.63, 3.8) is 0 Å².